The van der Waals surface area contributed by atoms with Gasteiger partial charge in [0.2, 0.25) is 11.8 Å². The Labute approximate surface area is 210 Å². The zero-order chi connectivity index (χ0) is 25.2. The van der Waals surface area contributed by atoms with Gasteiger partial charge in [0.25, 0.3) is 0 Å². The lowest BCUT2D eigenvalue weighted by atomic mass is 9.95. The molecule has 1 fully saturated rings. The summed E-state index contributed by atoms with van der Waals surface area (Å²) in [4.78, 5) is 28.7. The molecule has 2 amide bonds. The maximum Gasteiger partial charge on any atom is 0.243 e. The molecule has 1 aliphatic rings. The summed E-state index contributed by atoms with van der Waals surface area (Å²) in [7, 11) is 3.21. The average molecular weight is 481 g/mol. The summed E-state index contributed by atoms with van der Waals surface area (Å²) in [6, 6.07) is 13.5. The highest BCUT2D eigenvalue weighted by atomic mass is 16.5. The molecule has 0 radical (unpaired) electrons. The van der Waals surface area contributed by atoms with Gasteiger partial charge in [-0.2, -0.15) is 0 Å². The smallest absolute Gasteiger partial charge is 0.243 e. The van der Waals surface area contributed by atoms with Crippen molar-refractivity contribution >= 4 is 11.8 Å². The number of nitrogens with zero attached hydrogens (tertiary/aromatic N) is 1. The number of rotatable bonds is 11. The van der Waals surface area contributed by atoms with Crippen molar-refractivity contribution in [1.29, 1.82) is 0 Å². The van der Waals surface area contributed by atoms with Crippen LogP contribution in [0.4, 0.5) is 0 Å². The van der Waals surface area contributed by atoms with Crippen molar-refractivity contribution in [3.63, 3.8) is 0 Å². The number of methoxy groups -OCH3 is 2. The molecule has 1 saturated carbocycles. The van der Waals surface area contributed by atoms with E-state index in [-0.39, 0.29) is 17.9 Å². The summed E-state index contributed by atoms with van der Waals surface area (Å²) < 4.78 is 10.7. The van der Waals surface area contributed by atoms with Gasteiger partial charge in [-0.05, 0) is 61.4 Å². The first-order valence-corrected chi connectivity index (χ1v) is 12.8. The summed E-state index contributed by atoms with van der Waals surface area (Å²) >= 11 is 0. The van der Waals surface area contributed by atoms with E-state index in [9.17, 15) is 9.59 Å². The predicted octanol–water partition coefficient (Wildman–Crippen LogP) is 5.20. The van der Waals surface area contributed by atoms with Gasteiger partial charge in [0.1, 0.15) is 6.04 Å². The second kappa shape index (κ2) is 13.2. The highest BCUT2D eigenvalue weighted by Crippen LogP contribution is 2.28. The summed E-state index contributed by atoms with van der Waals surface area (Å²) in [6.45, 7) is 4.45. The number of benzene rings is 2. The normalized spacial score (nSPS) is 14.7. The van der Waals surface area contributed by atoms with Crippen molar-refractivity contribution in [2.75, 3.05) is 14.2 Å². The van der Waals surface area contributed by atoms with Gasteiger partial charge in [-0.25, -0.2) is 0 Å². The standard InChI is InChI=1S/C29H40N2O4/c1-5-25(29(33)30-24-13-7-6-8-14-24)31(20-23-12-10-9-11-21(23)2)28(32)18-16-22-15-17-26(34-3)27(19-22)35-4/h9-12,15,17,19,24-25H,5-8,13-14,16,18,20H2,1-4H3,(H,30,33)/t25-/m0/s1. The molecule has 0 spiro atoms. The second-order valence-electron chi connectivity index (χ2n) is 9.41. The zero-order valence-corrected chi connectivity index (χ0v) is 21.6. The molecule has 6 nitrogen and oxygen atoms in total. The third kappa shape index (κ3) is 7.23. The van der Waals surface area contributed by atoms with Crippen LogP contribution in [0.2, 0.25) is 0 Å². The Balaban J connectivity index is 1.77. The lowest BCUT2D eigenvalue weighted by Gasteiger charge is -2.33. The van der Waals surface area contributed by atoms with Gasteiger partial charge >= 0.3 is 0 Å². The third-order valence-corrected chi connectivity index (χ3v) is 7.01. The van der Waals surface area contributed by atoms with Gasteiger partial charge in [-0.15, -0.1) is 0 Å². The molecule has 0 saturated heterocycles. The molecular formula is C29H40N2O4. The summed E-state index contributed by atoms with van der Waals surface area (Å²) in [6.07, 6.45) is 7.03. The van der Waals surface area contributed by atoms with E-state index >= 15 is 0 Å². The molecule has 0 aliphatic heterocycles. The molecule has 0 aromatic heterocycles. The van der Waals surface area contributed by atoms with Gasteiger partial charge in [0, 0.05) is 19.0 Å². The Morgan fingerprint density at radius 3 is 2.40 bits per heavy atom. The fraction of sp³-hybridized carbons (Fsp3) is 0.517. The van der Waals surface area contributed by atoms with E-state index in [0.29, 0.717) is 37.3 Å². The van der Waals surface area contributed by atoms with E-state index in [1.807, 2.05) is 56.3 Å². The fourth-order valence-corrected chi connectivity index (χ4v) is 4.87. The quantitative estimate of drug-likeness (QED) is 0.480. The Kier molecular flexibility index (Phi) is 10.0. The van der Waals surface area contributed by atoms with E-state index < -0.39 is 6.04 Å². The van der Waals surface area contributed by atoms with Crippen molar-refractivity contribution < 1.29 is 19.1 Å². The van der Waals surface area contributed by atoms with E-state index in [1.165, 1.54) is 6.42 Å². The molecule has 1 atom stereocenters. The van der Waals surface area contributed by atoms with E-state index in [0.717, 1.165) is 42.4 Å². The predicted molar refractivity (Wildman–Crippen MR) is 139 cm³/mol. The molecule has 190 valence electrons. The van der Waals surface area contributed by atoms with Crippen LogP contribution in [-0.2, 0) is 22.6 Å². The Morgan fingerprint density at radius 1 is 1.03 bits per heavy atom. The minimum atomic E-state index is -0.491. The number of aryl methyl sites for hydroxylation is 2. The van der Waals surface area contributed by atoms with Gasteiger partial charge < -0.3 is 19.7 Å². The maximum atomic E-state index is 13.6. The highest BCUT2D eigenvalue weighted by molar-refractivity contribution is 5.88. The van der Waals surface area contributed by atoms with Crippen molar-refractivity contribution in [3.8, 4) is 11.5 Å². The van der Waals surface area contributed by atoms with Crippen LogP contribution in [0.5, 0.6) is 11.5 Å². The first kappa shape index (κ1) is 26.6. The lowest BCUT2D eigenvalue weighted by molar-refractivity contribution is -0.141. The number of hydrogen-bond donors (Lipinski definition) is 1. The number of nitrogens with one attached hydrogen (secondary N) is 1. The van der Waals surface area contributed by atoms with Crippen LogP contribution in [0.1, 0.15) is 68.6 Å². The molecular weight excluding hydrogens is 440 g/mol. The van der Waals surface area contributed by atoms with Gasteiger partial charge in [-0.1, -0.05) is 56.5 Å². The first-order chi connectivity index (χ1) is 17.0. The maximum absolute atomic E-state index is 13.6. The summed E-state index contributed by atoms with van der Waals surface area (Å²) in [5, 5.41) is 3.24. The van der Waals surface area contributed by atoms with Crippen LogP contribution >= 0.6 is 0 Å². The van der Waals surface area contributed by atoms with Crippen LogP contribution in [-0.4, -0.2) is 43.0 Å². The number of hydrogen-bond acceptors (Lipinski definition) is 4. The average Bonchev–Trinajstić information content (AvgIpc) is 2.88. The van der Waals surface area contributed by atoms with Crippen LogP contribution in [0, 0.1) is 6.92 Å². The Hall–Kier alpha value is -3.02. The molecule has 3 rings (SSSR count). The number of ether oxygens (including phenoxy) is 2. The molecule has 1 N–H and O–H groups in total. The Morgan fingerprint density at radius 2 is 1.74 bits per heavy atom. The highest BCUT2D eigenvalue weighted by Gasteiger charge is 2.30. The van der Waals surface area contributed by atoms with Crippen molar-refractivity contribution in [3.05, 3.63) is 59.2 Å². The van der Waals surface area contributed by atoms with Crippen LogP contribution in [0.3, 0.4) is 0 Å². The van der Waals surface area contributed by atoms with Gasteiger partial charge in [0.05, 0.1) is 14.2 Å². The topological polar surface area (TPSA) is 67.9 Å². The van der Waals surface area contributed by atoms with Crippen molar-refractivity contribution in [2.45, 2.75) is 83.8 Å². The number of carbonyl (C=O) groups excluding carboxylic acids is 2. The van der Waals surface area contributed by atoms with Crippen LogP contribution < -0.4 is 14.8 Å². The van der Waals surface area contributed by atoms with E-state index in [1.54, 1.807) is 19.1 Å². The van der Waals surface area contributed by atoms with Gasteiger partial charge in [0.15, 0.2) is 11.5 Å². The molecule has 2 aromatic carbocycles. The second-order valence-corrected chi connectivity index (χ2v) is 9.41. The van der Waals surface area contributed by atoms with E-state index in [4.69, 9.17) is 9.47 Å². The first-order valence-electron chi connectivity index (χ1n) is 12.8. The van der Waals surface area contributed by atoms with Gasteiger partial charge in [-0.3, -0.25) is 9.59 Å². The molecule has 2 aromatic rings. The third-order valence-electron chi connectivity index (χ3n) is 7.01. The molecule has 0 heterocycles. The molecule has 35 heavy (non-hydrogen) atoms. The zero-order valence-electron chi connectivity index (χ0n) is 21.6. The van der Waals surface area contributed by atoms with Crippen LogP contribution in [0.25, 0.3) is 0 Å². The Bertz CT molecular complexity index is 984. The largest absolute Gasteiger partial charge is 0.493 e. The van der Waals surface area contributed by atoms with Crippen molar-refractivity contribution in [1.82, 2.24) is 10.2 Å². The fourth-order valence-electron chi connectivity index (χ4n) is 4.87. The molecule has 0 bridgehead atoms. The summed E-state index contributed by atoms with van der Waals surface area (Å²) in [5.41, 5.74) is 3.18. The number of amides is 2. The van der Waals surface area contributed by atoms with Crippen molar-refractivity contribution in [2.24, 2.45) is 0 Å². The minimum absolute atomic E-state index is 0.0197. The monoisotopic (exact) mass is 480 g/mol. The summed E-state index contributed by atoms with van der Waals surface area (Å²) in [5.74, 6) is 1.25. The minimum Gasteiger partial charge on any atom is -0.493 e. The SMILES string of the molecule is CC[C@@H](C(=O)NC1CCCCC1)N(Cc1ccccc1C)C(=O)CCc1ccc(OC)c(OC)c1. The van der Waals surface area contributed by atoms with Crippen LogP contribution in [0.15, 0.2) is 42.5 Å². The number of carbonyl (C=O) groups is 2. The molecule has 1 aliphatic carbocycles. The lowest BCUT2D eigenvalue weighted by Crippen LogP contribution is -2.51. The molecule has 6 heteroatoms. The molecule has 0 unspecified atom stereocenters. The van der Waals surface area contributed by atoms with E-state index in [2.05, 4.69) is 5.32 Å².